The van der Waals surface area contributed by atoms with Gasteiger partial charge in [-0.1, -0.05) is 6.07 Å². The summed E-state index contributed by atoms with van der Waals surface area (Å²) in [7, 11) is 3.11. The number of imidazole rings is 1. The normalized spacial score (nSPS) is 15.2. The van der Waals surface area contributed by atoms with Gasteiger partial charge in [0.2, 0.25) is 5.88 Å². The smallest absolute Gasteiger partial charge is 0.288 e. The van der Waals surface area contributed by atoms with Crippen LogP contribution in [0.2, 0.25) is 0 Å². The van der Waals surface area contributed by atoms with Crippen molar-refractivity contribution < 1.29 is 22.6 Å². The van der Waals surface area contributed by atoms with E-state index >= 15 is 4.39 Å². The van der Waals surface area contributed by atoms with Gasteiger partial charge in [0.15, 0.2) is 17.4 Å². The molecule has 1 saturated carbocycles. The zero-order chi connectivity index (χ0) is 27.3. The van der Waals surface area contributed by atoms with Gasteiger partial charge >= 0.3 is 0 Å². The lowest BCUT2D eigenvalue weighted by Crippen LogP contribution is -2.33. The van der Waals surface area contributed by atoms with Gasteiger partial charge in [0.05, 0.1) is 31.1 Å². The largest absolute Gasteiger partial charge is 0.486 e. The van der Waals surface area contributed by atoms with Gasteiger partial charge in [-0.25, -0.2) is 29.3 Å². The van der Waals surface area contributed by atoms with E-state index in [1.165, 1.54) is 23.2 Å². The number of aryl methyl sites for hydroxylation is 1. The van der Waals surface area contributed by atoms with E-state index in [9.17, 15) is 8.78 Å². The highest BCUT2D eigenvalue weighted by atomic mass is 19.3. The minimum atomic E-state index is -3.12. The number of ether oxygens (including phenoxy) is 2. The second-order valence-corrected chi connectivity index (χ2v) is 9.83. The molecule has 0 atom stereocenters. The second kappa shape index (κ2) is 9.51. The molecule has 0 radical (unpaired) electrons. The zero-order valence-corrected chi connectivity index (χ0v) is 21.7. The molecule has 9 nitrogen and oxygen atoms in total. The maximum absolute atomic E-state index is 15.2. The monoisotopic (exact) mass is 537 g/mol. The van der Waals surface area contributed by atoms with E-state index in [0.29, 0.717) is 60.0 Å². The molecule has 12 heteroatoms. The zero-order valence-electron chi connectivity index (χ0n) is 21.7. The summed E-state index contributed by atoms with van der Waals surface area (Å²) in [5.74, 6) is -1.28. The van der Waals surface area contributed by atoms with Crippen LogP contribution < -0.4 is 14.4 Å². The fraction of sp³-hybridized carbons (Fsp3) is 0.370. The molecular weight excluding hydrogens is 511 g/mol. The Labute approximate surface area is 222 Å². The quantitative estimate of drug-likeness (QED) is 0.330. The van der Waals surface area contributed by atoms with E-state index in [1.807, 2.05) is 4.90 Å². The Kier molecular flexibility index (Phi) is 6.12. The number of hydrogen-bond donors (Lipinski definition) is 0. The summed E-state index contributed by atoms with van der Waals surface area (Å²) >= 11 is 0. The molecule has 2 aliphatic rings. The van der Waals surface area contributed by atoms with Crippen LogP contribution >= 0.6 is 0 Å². The molecule has 3 aromatic heterocycles. The van der Waals surface area contributed by atoms with Crippen LogP contribution in [0.25, 0.3) is 22.8 Å². The molecule has 1 aromatic carbocycles. The molecule has 6 rings (SSSR count). The van der Waals surface area contributed by atoms with Crippen molar-refractivity contribution in [3.05, 3.63) is 59.7 Å². The van der Waals surface area contributed by atoms with Crippen LogP contribution in [-0.4, -0.2) is 49.7 Å². The SMILES string of the molecule is COc1ncnc(C2CC2)c1-c1ncc2c(n1)N(Cc1ccc(-c3nc(C(C)(F)F)cn3C)c(F)c1)CCO2. The Morgan fingerprint density at radius 3 is 2.67 bits per heavy atom. The van der Waals surface area contributed by atoms with E-state index < -0.39 is 17.4 Å². The summed E-state index contributed by atoms with van der Waals surface area (Å²) in [6.07, 6.45) is 6.40. The predicted molar refractivity (Wildman–Crippen MR) is 136 cm³/mol. The molecule has 0 unspecified atom stereocenters. The number of rotatable bonds is 7. The fourth-order valence-corrected chi connectivity index (χ4v) is 4.74. The Morgan fingerprint density at radius 2 is 1.97 bits per heavy atom. The summed E-state index contributed by atoms with van der Waals surface area (Å²) < 4.78 is 55.4. The molecule has 4 aromatic rings. The number of hydrogen-bond acceptors (Lipinski definition) is 8. The molecular formula is C27H26F3N7O2. The second-order valence-electron chi connectivity index (χ2n) is 9.83. The van der Waals surface area contributed by atoms with E-state index in [0.717, 1.165) is 25.5 Å². The molecule has 0 saturated heterocycles. The van der Waals surface area contributed by atoms with Crippen LogP contribution in [0.3, 0.4) is 0 Å². The molecule has 1 aliphatic carbocycles. The van der Waals surface area contributed by atoms with Gasteiger partial charge in [0, 0.05) is 32.6 Å². The van der Waals surface area contributed by atoms with Crippen molar-refractivity contribution in [2.75, 3.05) is 25.2 Å². The molecule has 202 valence electrons. The molecule has 1 aliphatic heterocycles. The Bertz CT molecular complexity index is 1550. The van der Waals surface area contributed by atoms with Crippen molar-refractivity contribution in [1.29, 1.82) is 0 Å². The lowest BCUT2D eigenvalue weighted by Gasteiger charge is -2.30. The fourth-order valence-electron chi connectivity index (χ4n) is 4.74. The van der Waals surface area contributed by atoms with Crippen LogP contribution in [0.1, 0.15) is 42.6 Å². The van der Waals surface area contributed by atoms with Crippen molar-refractivity contribution in [3.63, 3.8) is 0 Å². The molecule has 1 fully saturated rings. The standard InChI is InChI=1S/C27H26F3N7O2/c1-27(29,30)20-13-36(2)24(34-20)17-7-4-15(10-18(17)28)12-37-8-9-39-19-11-31-23(35-25(19)37)21-22(16-5-6-16)32-14-33-26(21)38-3/h4,7,10-11,13-14,16H,5-6,8-9,12H2,1-3H3. The minimum Gasteiger partial charge on any atom is -0.486 e. The first-order valence-corrected chi connectivity index (χ1v) is 12.6. The first kappa shape index (κ1) is 25.1. The van der Waals surface area contributed by atoms with Crippen molar-refractivity contribution in [3.8, 4) is 34.4 Å². The lowest BCUT2D eigenvalue weighted by atomic mass is 10.1. The maximum Gasteiger partial charge on any atom is 0.288 e. The molecule has 0 N–H and O–H groups in total. The Hall–Kier alpha value is -4.22. The van der Waals surface area contributed by atoms with Gasteiger partial charge in [0.25, 0.3) is 5.92 Å². The van der Waals surface area contributed by atoms with E-state index in [2.05, 4.69) is 19.9 Å². The van der Waals surface area contributed by atoms with Gasteiger partial charge < -0.3 is 18.9 Å². The Balaban J connectivity index is 1.31. The van der Waals surface area contributed by atoms with Crippen molar-refractivity contribution >= 4 is 5.82 Å². The number of methoxy groups -OCH3 is 1. The molecule has 0 spiro atoms. The molecule has 0 amide bonds. The third kappa shape index (κ3) is 4.75. The van der Waals surface area contributed by atoms with Crippen LogP contribution in [0.5, 0.6) is 11.6 Å². The summed E-state index contributed by atoms with van der Waals surface area (Å²) in [5.41, 5.74) is 1.94. The average molecular weight is 538 g/mol. The first-order valence-electron chi connectivity index (χ1n) is 12.6. The third-order valence-electron chi connectivity index (χ3n) is 6.85. The highest BCUT2D eigenvalue weighted by molar-refractivity contribution is 5.69. The summed E-state index contributed by atoms with van der Waals surface area (Å²) in [6.45, 7) is 2.06. The van der Waals surface area contributed by atoms with Crippen molar-refractivity contribution in [2.24, 2.45) is 7.05 Å². The number of nitrogens with zero attached hydrogens (tertiary/aromatic N) is 7. The summed E-state index contributed by atoms with van der Waals surface area (Å²) in [5, 5.41) is 0. The molecule has 4 heterocycles. The topological polar surface area (TPSA) is 91.1 Å². The number of benzene rings is 1. The summed E-state index contributed by atoms with van der Waals surface area (Å²) in [6, 6.07) is 4.71. The summed E-state index contributed by atoms with van der Waals surface area (Å²) in [4.78, 5) is 24.0. The minimum absolute atomic E-state index is 0.134. The van der Waals surface area contributed by atoms with Gasteiger partial charge in [-0.2, -0.15) is 8.78 Å². The number of aromatic nitrogens is 6. The van der Waals surface area contributed by atoms with Crippen LogP contribution in [0.4, 0.5) is 19.0 Å². The van der Waals surface area contributed by atoms with Gasteiger partial charge in [-0.05, 0) is 30.5 Å². The number of halogens is 3. The predicted octanol–water partition coefficient (Wildman–Crippen LogP) is 4.87. The maximum atomic E-state index is 15.2. The highest BCUT2D eigenvalue weighted by Gasteiger charge is 2.33. The van der Waals surface area contributed by atoms with E-state index in [4.69, 9.17) is 14.5 Å². The first-order chi connectivity index (χ1) is 18.7. The van der Waals surface area contributed by atoms with Gasteiger partial charge in [-0.15, -0.1) is 0 Å². The Morgan fingerprint density at radius 1 is 1.15 bits per heavy atom. The van der Waals surface area contributed by atoms with Gasteiger partial charge in [-0.3, -0.25) is 0 Å². The number of anilines is 1. The van der Waals surface area contributed by atoms with E-state index in [1.54, 1.807) is 32.5 Å². The lowest BCUT2D eigenvalue weighted by molar-refractivity contribution is 0.0131. The molecule has 39 heavy (non-hydrogen) atoms. The van der Waals surface area contributed by atoms with Crippen LogP contribution in [0, 0.1) is 5.82 Å². The highest BCUT2D eigenvalue weighted by Crippen LogP contribution is 2.45. The average Bonchev–Trinajstić information content (AvgIpc) is 3.69. The van der Waals surface area contributed by atoms with Crippen molar-refractivity contribution in [2.45, 2.75) is 38.2 Å². The van der Waals surface area contributed by atoms with Crippen LogP contribution in [-0.2, 0) is 19.5 Å². The molecule has 0 bridgehead atoms. The number of fused-ring (bicyclic) bond motifs is 1. The number of alkyl halides is 2. The van der Waals surface area contributed by atoms with Crippen LogP contribution in [0.15, 0.2) is 36.9 Å². The van der Waals surface area contributed by atoms with E-state index in [-0.39, 0.29) is 11.4 Å². The van der Waals surface area contributed by atoms with Crippen molar-refractivity contribution in [1.82, 2.24) is 29.5 Å². The third-order valence-corrected chi connectivity index (χ3v) is 6.85. The van der Waals surface area contributed by atoms with Gasteiger partial charge in [0.1, 0.15) is 35.8 Å².